The third kappa shape index (κ3) is 2.68. The van der Waals surface area contributed by atoms with Crippen molar-refractivity contribution in [1.29, 1.82) is 0 Å². The summed E-state index contributed by atoms with van der Waals surface area (Å²) >= 11 is 0. The molecule has 2 rings (SSSR count). The van der Waals surface area contributed by atoms with Crippen molar-refractivity contribution < 1.29 is 9.84 Å². The molecule has 0 radical (unpaired) electrons. The number of piperidine rings is 1. The molecule has 3 nitrogen and oxygen atoms in total. The molecule has 1 saturated heterocycles. The number of rotatable bonds is 3. The van der Waals surface area contributed by atoms with Gasteiger partial charge in [-0.05, 0) is 51.4 Å². The van der Waals surface area contributed by atoms with E-state index < -0.39 is 5.60 Å². The summed E-state index contributed by atoms with van der Waals surface area (Å²) in [7, 11) is 2.11. The van der Waals surface area contributed by atoms with Gasteiger partial charge in [0.1, 0.15) is 5.75 Å². The summed E-state index contributed by atoms with van der Waals surface area (Å²) in [5, 5.41) is 10.8. The number of benzene rings is 1. The minimum absolute atomic E-state index is 0.402. The Hall–Kier alpha value is -1.06. The van der Waals surface area contributed by atoms with Crippen molar-refractivity contribution in [2.45, 2.75) is 38.3 Å². The second-order valence-corrected chi connectivity index (χ2v) is 5.28. The van der Waals surface area contributed by atoms with Gasteiger partial charge in [-0.25, -0.2) is 0 Å². The Morgan fingerprint density at radius 3 is 2.94 bits per heavy atom. The first-order valence-corrected chi connectivity index (χ1v) is 6.71. The van der Waals surface area contributed by atoms with Crippen LogP contribution in [0.25, 0.3) is 0 Å². The first-order valence-electron chi connectivity index (χ1n) is 6.71. The molecule has 18 heavy (non-hydrogen) atoms. The summed E-state index contributed by atoms with van der Waals surface area (Å²) < 4.78 is 5.51. The fourth-order valence-corrected chi connectivity index (χ4v) is 2.63. The van der Waals surface area contributed by atoms with Gasteiger partial charge in [-0.15, -0.1) is 0 Å². The third-order valence-corrected chi connectivity index (χ3v) is 3.95. The number of ether oxygens (including phenoxy) is 1. The van der Waals surface area contributed by atoms with Gasteiger partial charge in [-0.3, -0.25) is 0 Å². The zero-order valence-corrected chi connectivity index (χ0v) is 11.5. The minimum atomic E-state index is -0.709. The molecule has 2 unspecified atom stereocenters. The molecule has 0 aliphatic carbocycles. The van der Waals surface area contributed by atoms with Gasteiger partial charge in [-0.1, -0.05) is 12.1 Å². The first-order chi connectivity index (χ1) is 8.55. The standard InChI is InChI=1S/C15H23NO2/c1-4-18-14-7-5-6-13(10-14)15(17)8-9-16(3)12(2)11-15/h5-7,10,12,17H,4,8-9,11H2,1-3H3. The summed E-state index contributed by atoms with van der Waals surface area (Å²) in [6.07, 6.45) is 1.56. The quantitative estimate of drug-likeness (QED) is 0.893. The van der Waals surface area contributed by atoms with Crippen molar-refractivity contribution in [3.8, 4) is 5.75 Å². The predicted molar refractivity (Wildman–Crippen MR) is 72.8 cm³/mol. The Labute approximate surface area is 109 Å². The largest absolute Gasteiger partial charge is 0.494 e. The maximum atomic E-state index is 10.8. The molecule has 0 bridgehead atoms. The molecule has 1 aromatic rings. The van der Waals surface area contributed by atoms with E-state index in [1.807, 2.05) is 31.2 Å². The van der Waals surface area contributed by atoms with Gasteiger partial charge in [0, 0.05) is 12.6 Å². The highest BCUT2D eigenvalue weighted by Gasteiger charge is 2.36. The van der Waals surface area contributed by atoms with E-state index in [-0.39, 0.29) is 0 Å². The third-order valence-electron chi connectivity index (χ3n) is 3.95. The van der Waals surface area contributed by atoms with Gasteiger partial charge < -0.3 is 14.7 Å². The Morgan fingerprint density at radius 2 is 2.28 bits per heavy atom. The average molecular weight is 249 g/mol. The van der Waals surface area contributed by atoms with Crippen LogP contribution in [0.1, 0.15) is 32.3 Å². The topological polar surface area (TPSA) is 32.7 Å². The summed E-state index contributed by atoms with van der Waals surface area (Å²) in [5.41, 5.74) is 0.271. The lowest BCUT2D eigenvalue weighted by atomic mass is 9.81. The predicted octanol–water partition coefficient (Wildman–Crippen LogP) is 2.39. The van der Waals surface area contributed by atoms with Crippen LogP contribution in [0.4, 0.5) is 0 Å². The van der Waals surface area contributed by atoms with Crippen LogP contribution >= 0.6 is 0 Å². The molecular weight excluding hydrogens is 226 g/mol. The van der Waals surface area contributed by atoms with Crippen molar-refractivity contribution in [1.82, 2.24) is 4.90 Å². The van der Waals surface area contributed by atoms with Crippen LogP contribution in [0.5, 0.6) is 5.75 Å². The van der Waals surface area contributed by atoms with Crippen molar-refractivity contribution in [2.75, 3.05) is 20.2 Å². The van der Waals surface area contributed by atoms with E-state index in [9.17, 15) is 5.11 Å². The first kappa shape index (κ1) is 13.4. The van der Waals surface area contributed by atoms with E-state index in [1.165, 1.54) is 0 Å². The molecule has 0 amide bonds. The fraction of sp³-hybridized carbons (Fsp3) is 0.600. The molecule has 1 aliphatic rings. The van der Waals surface area contributed by atoms with E-state index in [2.05, 4.69) is 18.9 Å². The molecule has 1 aromatic carbocycles. The summed E-state index contributed by atoms with van der Waals surface area (Å²) in [6.45, 7) is 5.72. The highest BCUT2D eigenvalue weighted by atomic mass is 16.5. The second kappa shape index (κ2) is 5.29. The summed E-state index contributed by atoms with van der Waals surface area (Å²) in [5.74, 6) is 0.843. The Bertz CT molecular complexity index is 407. The van der Waals surface area contributed by atoms with Gasteiger partial charge in [0.15, 0.2) is 0 Å². The van der Waals surface area contributed by atoms with Crippen molar-refractivity contribution in [3.63, 3.8) is 0 Å². The maximum absolute atomic E-state index is 10.8. The number of hydrogen-bond acceptors (Lipinski definition) is 3. The van der Waals surface area contributed by atoms with E-state index in [0.29, 0.717) is 12.6 Å². The van der Waals surface area contributed by atoms with Crippen LogP contribution in [0.3, 0.4) is 0 Å². The second-order valence-electron chi connectivity index (χ2n) is 5.28. The molecule has 0 spiro atoms. The zero-order valence-electron chi connectivity index (χ0n) is 11.5. The fourth-order valence-electron chi connectivity index (χ4n) is 2.63. The van der Waals surface area contributed by atoms with Crippen LogP contribution in [0.2, 0.25) is 0 Å². The smallest absolute Gasteiger partial charge is 0.119 e. The monoisotopic (exact) mass is 249 g/mol. The zero-order chi connectivity index (χ0) is 13.2. The highest BCUT2D eigenvalue weighted by molar-refractivity contribution is 5.33. The maximum Gasteiger partial charge on any atom is 0.119 e. The van der Waals surface area contributed by atoms with E-state index in [1.54, 1.807) is 0 Å². The lowest BCUT2D eigenvalue weighted by Crippen LogP contribution is -2.45. The van der Waals surface area contributed by atoms with Crippen LogP contribution < -0.4 is 4.74 Å². The molecule has 0 aromatic heterocycles. The molecule has 2 atom stereocenters. The van der Waals surface area contributed by atoms with Crippen molar-refractivity contribution in [3.05, 3.63) is 29.8 Å². The number of aliphatic hydroxyl groups is 1. The normalized spacial score (nSPS) is 29.2. The Balaban J connectivity index is 2.21. The number of nitrogens with zero attached hydrogens (tertiary/aromatic N) is 1. The van der Waals surface area contributed by atoms with E-state index in [0.717, 1.165) is 30.7 Å². The lowest BCUT2D eigenvalue weighted by molar-refractivity contribution is -0.0409. The van der Waals surface area contributed by atoms with Crippen molar-refractivity contribution >= 4 is 0 Å². The van der Waals surface area contributed by atoms with Gasteiger partial charge in [0.2, 0.25) is 0 Å². The molecule has 1 aliphatic heterocycles. The molecule has 100 valence electrons. The molecule has 1 heterocycles. The van der Waals surface area contributed by atoms with Gasteiger partial charge in [-0.2, -0.15) is 0 Å². The summed E-state index contributed by atoms with van der Waals surface area (Å²) in [6, 6.07) is 8.28. The van der Waals surface area contributed by atoms with Crippen LogP contribution in [-0.2, 0) is 5.60 Å². The van der Waals surface area contributed by atoms with Gasteiger partial charge in [0.25, 0.3) is 0 Å². The van der Waals surface area contributed by atoms with Crippen LogP contribution in [-0.4, -0.2) is 36.2 Å². The lowest BCUT2D eigenvalue weighted by Gasteiger charge is -2.41. The SMILES string of the molecule is CCOc1cccc(C2(O)CCN(C)C(C)C2)c1. The summed E-state index contributed by atoms with van der Waals surface area (Å²) in [4.78, 5) is 2.29. The van der Waals surface area contributed by atoms with Gasteiger partial charge >= 0.3 is 0 Å². The minimum Gasteiger partial charge on any atom is -0.494 e. The Morgan fingerprint density at radius 1 is 1.50 bits per heavy atom. The van der Waals surface area contributed by atoms with Crippen molar-refractivity contribution in [2.24, 2.45) is 0 Å². The highest BCUT2D eigenvalue weighted by Crippen LogP contribution is 2.36. The van der Waals surface area contributed by atoms with Crippen LogP contribution in [0, 0.1) is 0 Å². The Kier molecular flexibility index (Phi) is 3.93. The number of likely N-dealkylation sites (tertiary alicyclic amines) is 1. The van der Waals surface area contributed by atoms with Crippen LogP contribution in [0.15, 0.2) is 24.3 Å². The average Bonchev–Trinajstić information content (AvgIpc) is 2.35. The molecular formula is C15H23NO2. The van der Waals surface area contributed by atoms with E-state index in [4.69, 9.17) is 4.74 Å². The number of hydrogen-bond donors (Lipinski definition) is 1. The molecule has 1 N–H and O–H groups in total. The van der Waals surface area contributed by atoms with E-state index >= 15 is 0 Å². The van der Waals surface area contributed by atoms with Gasteiger partial charge in [0.05, 0.1) is 12.2 Å². The molecule has 1 fully saturated rings. The molecule has 3 heteroatoms. The molecule has 0 saturated carbocycles.